The minimum absolute atomic E-state index is 0.0455. The van der Waals surface area contributed by atoms with Gasteiger partial charge >= 0.3 is 0 Å². The number of anilines is 1. The van der Waals surface area contributed by atoms with Crippen molar-refractivity contribution in [2.24, 2.45) is 0 Å². The minimum Gasteiger partial charge on any atom is -0.326 e. The van der Waals surface area contributed by atoms with Gasteiger partial charge in [-0.15, -0.1) is 11.8 Å². The maximum atomic E-state index is 12.1. The van der Waals surface area contributed by atoms with Crippen molar-refractivity contribution in [3.05, 3.63) is 96.1 Å². The lowest BCUT2D eigenvalue weighted by atomic mass is 10.1. The van der Waals surface area contributed by atoms with Crippen LogP contribution in [0.15, 0.2) is 89.8 Å². The molecule has 0 aromatic heterocycles. The Morgan fingerprint density at radius 2 is 1.38 bits per heavy atom. The van der Waals surface area contributed by atoms with Crippen LogP contribution in [0.4, 0.5) is 5.69 Å². The molecule has 0 heterocycles. The number of ketones is 1. The van der Waals surface area contributed by atoms with Gasteiger partial charge in [0, 0.05) is 16.1 Å². The average Bonchev–Trinajstić information content (AvgIpc) is 2.68. The predicted octanol–water partition coefficient (Wildman–Crippen LogP) is 4.84. The molecule has 130 valence electrons. The molecule has 0 saturated heterocycles. The lowest BCUT2D eigenvalue weighted by Gasteiger charge is -2.07. The second kappa shape index (κ2) is 9.02. The summed E-state index contributed by atoms with van der Waals surface area (Å²) in [5, 5.41) is 2.89. The van der Waals surface area contributed by atoms with Gasteiger partial charge in [-0.05, 0) is 29.8 Å². The molecule has 3 aromatic carbocycles. The van der Waals surface area contributed by atoms with E-state index in [1.165, 1.54) is 11.8 Å². The normalized spacial score (nSPS) is 10.3. The summed E-state index contributed by atoms with van der Waals surface area (Å²) in [7, 11) is 0. The van der Waals surface area contributed by atoms with Gasteiger partial charge in [0.1, 0.15) is 0 Å². The summed E-state index contributed by atoms with van der Waals surface area (Å²) in [6, 6.07) is 26.5. The van der Waals surface area contributed by atoms with Crippen LogP contribution in [0.3, 0.4) is 0 Å². The summed E-state index contributed by atoms with van der Waals surface area (Å²) >= 11 is 1.49. The van der Waals surface area contributed by atoms with Gasteiger partial charge in [0.25, 0.3) is 0 Å². The highest BCUT2D eigenvalue weighted by molar-refractivity contribution is 8.00. The smallest absolute Gasteiger partial charge is 0.228 e. The van der Waals surface area contributed by atoms with Crippen molar-refractivity contribution in [2.75, 3.05) is 11.1 Å². The SMILES string of the molecule is O=C(Cc1ccccc1)Nc1ccc(SCC(=O)c2ccccc2)cc1. The highest BCUT2D eigenvalue weighted by atomic mass is 32.2. The van der Waals surface area contributed by atoms with Gasteiger partial charge in [0.05, 0.1) is 12.2 Å². The van der Waals surface area contributed by atoms with E-state index in [0.29, 0.717) is 12.2 Å². The molecule has 0 aliphatic rings. The molecule has 0 atom stereocenters. The highest BCUT2D eigenvalue weighted by Gasteiger charge is 2.07. The second-order valence-electron chi connectivity index (χ2n) is 5.81. The Balaban J connectivity index is 1.50. The van der Waals surface area contributed by atoms with Crippen LogP contribution in [0, 0.1) is 0 Å². The highest BCUT2D eigenvalue weighted by Crippen LogP contribution is 2.21. The lowest BCUT2D eigenvalue weighted by molar-refractivity contribution is -0.115. The Bertz CT molecular complexity index is 862. The molecule has 0 unspecified atom stereocenters. The summed E-state index contributed by atoms with van der Waals surface area (Å²) in [5.74, 6) is 0.454. The number of carbonyl (C=O) groups is 2. The van der Waals surface area contributed by atoms with Crippen molar-refractivity contribution in [1.82, 2.24) is 0 Å². The maximum Gasteiger partial charge on any atom is 0.228 e. The third kappa shape index (κ3) is 5.33. The van der Waals surface area contributed by atoms with Crippen molar-refractivity contribution in [1.29, 1.82) is 0 Å². The van der Waals surface area contributed by atoms with Crippen molar-refractivity contribution < 1.29 is 9.59 Å². The zero-order valence-corrected chi connectivity index (χ0v) is 15.0. The van der Waals surface area contributed by atoms with Gasteiger partial charge in [-0.25, -0.2) is 0 Å². The number of carbonyl (C=O) groups excluding carboxylic acids is 2. The topological polar surface area (TPSA) is 46.2 Å². The van der Waals surface area contributed by atoms with Crippen molar-refractivity contribution in [2.45, 2.75) is 11.3 Å². The Morgan fingerprint density at radius 1 is 0.769 bits per heavy atom. The summed E-state index contributed by atoms with van der Waals surface area (Å²) in [5.41, 5.74) is 2.46. The fourth-order valence-electron chi connectivity index (χ4n) is 2.48. The number of benzene rings is 3. The van der Waals surface area contributed by atoms with E-state index in [1.807, 2.05) is 84.9 Å². The maximum absolute atomic E-state index is 12.1. The van der Waals surface area contributed by atoms with E-state index in [-0.39, 0.29) is 11.7 Å². The molecular formula is C22H19NO2S. The minimum atomic E-state index is -0.0455. The Morgan fingerprint density at radius 3 is 2.04 bits per heavy atom. The van der Waals surface area contributed by atoms with Crippen molar-refractivity contribution in [3.8, 4) is 0 Å². The molecule has 1 amide bonds. The molecule has 3 nitrogen and oxygen atoms in total. The molecule has 0 bridgehead atoms. The molecule has 0 spiro atoms. The van der Waals surface area contributed by atoms with Gasteiger partial charge < -0.3 is 5.32 Å². The fourth-order valence-corrected chi connectivity index (χ4v) is 3.27. The van der Waals surface area contributed by atoms with Gasteiger partial charge in [0.15, 0.2) is 5.78 Å². The second-order valence-corrected chi connectivity index (χ2v) is 6.86. The monoisotopic (exact) mass is 361 g/mol. The van der Waals surface area contributed by atoms with Gasteiger partial charge in [0.2, 0.25) is 5.91 Å². The molecule has 0 aliphatic carbocycles. The van der Waals surface area contributed by atoms with Crippen LogP contribution in [-0.2, 0) is 11.2 Å². The molecule has 3 rings (SSSR count). The number of nitrogens with one attached hydrogen (secondary N) is 1. The van der Waals surface area contributed by atoms with Crippen LogP contribution in [0.2, 0.25) is 0 Å². The fraction of sp³-hybridized carbons (Fsp3) is 0.0909. The molecular weight excluding hydrogens is 342 g/mol. The van der Waals surface area contributed by atoms with E-state index < -0.39 is 0 Å². The van der Waals surface area contributed by atoms with E-state index in [0.717, 1.165) is 21.7 Å². The van der Waals surface area contributed by atoms with E-state index >= 15 is 0 Å². The number of hydrogen-bond donors (Lipinski definition) is 1. The van der Waals surface area contributed by atoms with Gasteiger partial charge in [-0.1, -0.05) is 60.7 Å². The number of hydrogen-bond acceptors (Lipinski definition) is 3. The summed E-state index contributed by atoms with van der Waals surface area (Å²) in [4.78, 5) is 25.2. The molecule has 0 fully saturated rings. The van der Waals surface area contributed by atoms with E-state index in [4.69, 9.17) is 0 Å². The first-order valence-electron chi connectivity index (χ1n) is 8.35. The molecule has 4 heteroatoms. The number of Topliss-reactive ketones (excluding diaryl/α,β-unsaturated/α-hetero) is 1. The Kier molecular flexibility index (Phi) is 6.23. The molecule has 0 radical (unpaired) electrons. The molecule has 3 aromatic rings. The molecule has 0 aliphatic heterocycles. The lowest BCUT2D eigenvalue weighted by Crippen LogP contribution is -2.14. The largest absolute Gasteiger partial charge is 0.326 e. The average molecular weight is 361 g/mol. The molecule has 26 heavy (non-hydrogen) atoms. The van der Waals surface area contributed by atoms with Crippen LogP contribution < -0.4 is 5.32 Å². The van der Waals surface area contributed by atoms with E-state index in [2.05, 4.69) is 5.32 Å². The summed E-state index contributed by atoms with van der Waals surface area (Å²) in [6.07, 6.45) is 0.350. The van der Waals surface area contributed by atoms with E-state index in [9.17, 15) is 9.59 Å². The van der Waals surface area contributed by atoms with Crippen molar-refractivity contribution in [3.63, 3.8) is 0 Å². The zero-order chi connectivity index (χ0) is 18.2. The van der Waals surface area contributed by atoms with Gasteiger partial charge in [-0.2, -0.15) is 0 Å². The molecule has 1 N–H and O–H groups in total. The first kappa shape index (κ1) is 18.0. The Hall–Kier alpha value is -2.85. The third-order valence-electron chi connectivity index (χ3n) is 3.81. The first-order chi connectivity index (χ1) is 12.7. The number of amides is 1. The standard InChI is InChI=1S/C22H19NO2S/c24-21(18-9-5-2-6-10-18)16-26-20-13-11-19(12-14-20)23-22(25)15-17-7-3-1-4-8-17/h1-14H,15-16H2,(H,23,25). The Labute approximate surface area is 157 Å². The third-order valence-corrected chi connectivity index (χ3v) is 4.82. The first-order valence-corrected chi connectivity index (χ1v) is 9.34. The van der Waals surface area contributed by atoms with Crippen LogP contribution in [0.5, 0.6) is 0 Å². The quantitative estimate of drug-likeness (QED) is 0.484. The van der Waals surface area contributed by atoms with Crippen molar-refractivity contribution >= 4 is 29.1 Å². The van der Waals surface area contributed by atoms with Crippen LogP contribution in [-0.4, -0.2) is 17.4 Å². The predicted molar refractivity (Wildman–Crippen MR) is 107 cm³/mol. The van der Waals surface area contributed by atoms with Crippen LogP contribution >= 0.6 is 11.8 Å². The van der Waals surface area contributed by atoms with Crippen LogP contribution in [0.1, 0.15) is 15.9 Å². The summed E-state index contributed by atoms with van der Waals surface area (Å²) in [6.45, 7) is 0. The van der Waals surface area contributed by atoms with Gasteiger partial charge in [-0.3, -0.25) is 9.59 Å². The van der Waals surface area contributed by atoms with Crippen LogP contribution in [0.25, 0.3) is 0 Å². The van der Waals surface area contributed by atoms with E-state index in [1.54, 1.807) is 0 Å². The summed E-state index contributed by atoms with van der Waals surface area (Å²) < 4.78 is 0. The zero-order valence-electron chi connectivity index (χ0n) is 14.2. The number of thioether (sulfide) groups is 1. The number of rotatable bonds is 7. The molecule has 0 saturated carbocycles.